The van der Waals surface area contributed by atoms with E-state index in [0.717, 1.165) is 37.9 Å². The first-order valence-electron chi connectivity index (χ1n) is 12.2. The minimum Gasteiger partial charge on any atom is -0.387 e. The van der Waals surface area contributed by atoms with Crippen molar-refractivity contribution in [3.63, 3.8) is 0 Å². The smallest absolute Gasteiger partial charge is 0.261 e. The van der Waals surface area contributed by atoms with Crippen molar-refractivity contribution in [2.75, 3.05) is 43.1 Å². The Morgan fingerprint density at radius 3 is 2.89 bits per heavy atom. The molecular weight excluding hydrogens is 541 g/mol. The van der Waals surface area contributed by atoms with Crippen LogP contribution in [0.15, 0.2) is 51.9 Å². The maximum atomic E-state index is 13.2. The van der Waals surface area contributed by atoms with E-state index in [4.69, 9.17) is 9.72 Å². The number of aromatic nitrogens is 3. The number of pyridine rings is 1. The van der Waals surface area contributed by atoms with E-state index >= 15 is 0 Å². The van der Waals surface area contributed by atoms with E-state index in [1.165, 1.54) is 0 Å². The van der Waals surface area contributed by atoms with Crippen LogP contribution < -0.4 is 15.8 Å². The number of rotatable bonds is 7. The Kier molecular flexibility index (Phi) is 7.32. The number of nitrogens with zero attached hydrogens (tertiary/aromatic N) is 2. The number of aryl methyl sites for hydroxylation is 2. The average Bonchev–Trinajstić information content (AvgIpc) is 3.33. The Bertz CT molecular complexity index is 1490. The number of aliphatic hydroxyl groups excluding tert-OH is 1. The lowest BCUT2D eigenvalue weighted by Crippen LogP contribution is -2.43. The van der Waals surface area contributed by atoms with E-state index in [1.54, 1.807) is 12.3 Å². The third-order valence-corrected chi connectivity index (χ3v) is 7.56. The maximum Gasteiger partial charge on any atom is 0.261 e. The summed E-state index contributed by atoms with van der Waals surface area (Å²) in [5.41, 5.74) is 5.91. The number of ether oxygens (including phenoxy) is 1. The highest BCUT2D eigenvalue weighted by molar-refractivity contribution is 9.10. The summed E-state index contributed by atoms with van der Waals surface area (Å²) in [7, 11) is 0. The van der Waals surface area contributed by atoms with Gasteiger partial charge in [0.05, 0.1) is 29.4 Å². The Morgan fingerprint density at radius 1 is 1.27 bits per heavy atom. The molecule has 0 spiro atoms. The lowest BCUT2D eigenvalue weighted by atomic mass is 10.1. The number of fused-ring (bicyclic) bond motifs is 1. The van der Waals surface area contributed by atoms with Crippen molar-refractivity contribution in [1.82, 2.24) is 15.0 Å². The Morgan fingerprint density at radius 2 is 2.11 bits per heavy atom. The molecular formula is C27H29BrFN5O3. The number of nitrogens with one attached hydrogen (secondary N) is 3. The van der Waals surface area contributed by atoms with Crippen LogP contribution in [0, 0.1) is 13.8 Å². The highest BCUT2D eigenvalue weighted by Gasteiger charge is 2.22. The highest BCUT2D eigenvalue weighted by Crippen LogP contribution is 2.30. The molecule has 194 valence electrons. The molecule has 1 fully saturated rings. The van der Waals surface area contributed by atoms with Gasteiger partial charge in [0.2, 0.25) is 0 Å². The molecule has 3 heterocycles. The summed E-state index contributed by atoms with van der Waals surface area (Å²) in [4.78, 5) is 25.8. The number of hydrogen-bond acceptors (Lipinski definition) is 6. The Hall–Kier alpha value is -3.21. The number of halogens is 2. The number of anilines is 2. The lowest BCUT2D eigenvalue weighted by Gasteiger charge is -2.33. The monoisotopic (exact) mass is 569 g/mol. The fourth-order valence-corrected chi connectivity index (χ4v) is 5.02. The summed E-state index contributed by atoms with van der Waals surface area (Å²) in [6.07, 6.45) is 0.357. The molecule has 2 atom stereocenters. The first kappa shape index (κ1) is 25.4. The summed E-state index contributed by atoms with van der Waals surface area (Å²) in [5.74, 6) is 0.427. The van der Waals surface area contributed by atoms with Crippen LogP contribution in [0.5, 0.6) is 0 Å². The molecule has 0 aliphatic carbocycles. The number of H-pyrrole nitrogens is 2. The molecule has 4 N–H and O–H groups in total. The number of benzene rings is 2. The first-order valence-corrected chi connectivity index (χ1v) is 13.0. The number of imidazole rings is 1. The number of hydrogen-bond donors (Lipinski definition) is 4. The molecule has 2 aromatic carbocycles. The van der Waals surface area contributed by atoms with Crippen LogP contribution in [-0.2, 0) is 4.74 Å². The molecule has 8 nitrogen and oxygen atoms in total. The summed E-state index contributed by atoms with van der Waals surface area (Å²) >= 11 is 3.51. The molecule has 5 rings (SSSR count). The standard InChI is InChI=1S/C27H29BrFN5O3/c1-15-3-4-17(10-20(15)28)23(35)13-31-21-5-6-30-27(36)24(21)26-32-22-11-18(9-16(2)25(22)33-26)34-7-8-37-19(12-29)14-34/h3-6,9-11,19,23,35H,7-8,12-14H2,1-2H3,(H,32,33)(H2,30,31,36)/t19?,23-/m1/s1. The van der Waals surface area contributed by atoms with Gasteiger partial charge in [0.1, 0.15) is 24.2 Å². The van der Waals surface area contributed by atoms with Gasteiger partial charge in [0, 0.05) is 36.0 Å². The molecule has 1 aliphatic heterocycles. The fraction of sp³-hybridized carbons (Fsp3) is 0.333. The molecule has 1 aliphatic rings. The maximum absolute atomic E-state index is 13.2. The van der Waals surface area contributed by atoms with Gasteiger partial charge in [-0.15, -0.1) is 0 Å². The highest BCUT2D eigenvalue weighted by atomic mass is 79.9. The number of aromatic amines is 2. The van der Waals surface area contributed by atoms with Gasteiger partial charge in [-0.05, 0) is 54.8 Å². The SMILES string of the molecule is Cc1ccc([C@H](O)CNc2cc[nH]c(=O)c2-c2nc3c(C)cc(N4CCOC(CF)C4)cc3[nH]2)cc1Br. The molecule has 0 saturated carbocycles. The van der Waals surface area contributed by atoms with Crippen molar-refractivity contribution in [2.45, 2.75) is 26.1 Å². The summed E-state index contributed by atoms with van der Waals surface area (Å²) in [6.45, 7) is 5.27. The van der Waals surface area contributed by atoms with E-state index < -0.39 is 18.9 Å². The summed E-state index contributed by atoms with van der Waals surface area (Å²) < 4.78 is 19.6. The molecule has 37 heavy (non-hydrogen) atoms. The van der Waals surface area contributed by atoms with Gasteiger partial charge < -0.3 is 30.0 Å². The van der Waals surface area contributed by atoms with E-state index in [9.17, 15) is 14.3 Å². The largest absolute Gasteiger partial charge is 0.387 e. The fourth-order valence-electron chi connectivity index (χ4n) is 4.62. The van der Waals surface area contributed by atoms with Crippen molar-refractivity contribution >= 4 is 38.3 Å². The van der Waals surface area contributed by atoms with Crippen LogP contribution in [0.4, 0.5) is 15.8 Å². The van der Waals surface area contributed by atoms with E-state index in [1.807, 2.05) is 44.2 Å². The molecule has 10 heteroatoms. The summed E-state index contributed by atoms with van der Waals surface area (Å²) in [6, 6.07) is 11.5. The zero-order chi connectivity index (χ0) is 26.1. The zero-order valence-corrected chi connectivity index (χ0v) is 22.2. The van der Waals surface area contributed by atoms with Crippen LogP contribution in [0.1, 0.15) is 22.8 Å². The van der Waals surface area contributed by atoms with Gasteiger partial charge >= 0.3 is 0 Å². The van der Waals surface area contributed by atoms with Crippen LogP contribution in [0.25, 0.3) is 22.4 Å². The second kappa shape index (κ2) is 10.6. The van der Waals surface area contributed by atoms with E-state index in [2.05, 4.69) is 36.1 Å². The quantitative estimate of drug-likeness (QED) is 0.259. The third-order valence-electron chi connectivity index (χ3n) is 6.70. The second-order valence-electron chi connectivity index (χ2n) is 9.34. The van der Waals surface area contributed by atoms with Crippen molar-refractivity contribution < 1.29 is 14.2 Å². The van der Waals surface area contributed by atoms with Crippen LogP contribution in [0.2, 0.25) is 0 Å². The van der Waals surface area contributed by atoms with Crippen LogP contribution in [-0.4, -0.2) is 59.1 Å². The number of alkyl halides is 1. The molecule has 0 radical (unpaired) electrons. The van der Waals surface area contributed by atoms with Crippen molar-refractivity contribution in [3.05, 3.63) is 74.1 Å². The zero-order valence-electron chi connectivity index (χ0n) is 20.6. The molecule has 4 aromatic rings. The van der Waals surface area contributed by atoms with Gasteiger partial charge in [-0.25, -0.2) is 9.37 Å². The van der Waals surface area contributed by atoms with E-state index in [0.29, 0.717) is 36.8 Å². The van der Waals surface area contributed by atoms with Gasteiger partial charge in [-0.3, -0.25) is 4.79 Å². The molecule has 0 amide bonds. The second-order valence-corrected chi connectivity index (χ2v) is 10.2. The Balaban J connectivity index is 1.43. The van der Waals surface area contributed by atoms with Crippen molar-refractivity contribution in [2.24, 2.45) is 0 Å². The predicted octanol–water partition coefficient (Wildman–Crippen LogP) is 4.62. The van der Waals surface area contributed by atoms with Crippen molar-refractivity contribution in [1.29, 1.82) is 0 Å². The topological polar surface area (TPSA) is 106 Å². The molecule has 0 bridgehead atoms. The molecule has 1 saturated heterocycles. The predicted molar refractivity (Wildman–Crippen MR) is 147 cm³/mol. The lowest BCUT2D eigenvalue weighted by molar-refractivity contribution is 0.0247. The average molecular weight is 570 g/mol. The van der Waals surface area contributed by atoms with E-state index in [-0.39, 0.29) is 12.1 Å². The first-order chi connectivity index (χ1) is 17.8. The van der Waals surface area contributed by atoms with Crippen LogP contribution >= 0.6 is 15.9 Å². The van der Waals surface area contributed by atoms with Gasteiger partial charge in [-0.1, -0.05) is 28.1 Å². The minimum atomic E-state index is -0.772. The number of aliphatic hydroxyl groups is 1. The minimum absolute atomic E-state index is 0.210. The molecule has 1 unspecified atom stereocenters. The van der Waals surface area contributed by atoms with Gasteiger partial charge in [0.25, 0.3) is 5.56 Å². The van der Waals surface area contributed by atoms with Crippen LogP contribution in [0.3, 0.4) is 0 Å². The van der Waals surface area contributed by atoms with Crippen molar-refractivity contribution in [3.8, 4) is 11.4 Å². The normalized spacial score (nSPS) is 16.8. The number of morpholine rings is 1. The van der Waals surface area contributed by atoms with Gasteiger partial charge in [-0.2, -0.15) is 0 Å². The van der Waals surface area contributed by atoms with Gasteiger partial charge in [0.15, 0.2) is 0 Å². The Labute approximate surface area is 222 Å². The third kappa shape index (κ3) is 5.27. The molecule has 2 aromatic heterocycles. The summed E-state index contributed by atoms with van der Waals surface area (Å²) in [5, 5.41) is 14.0.